The number of allylic oxidation sites excluding steroid dienone is 1. The van der Waals surface area contributed by atoms with Crippen LogP contribution < -0.4 is 5.56 Å². The summed E-state index contributed by atoms with van der Waals surface area (Å²) in [5.74, 6) is 0.692. The van der Waals surface area contributed by atoms with Gasteiger partial charge in [-0.25, -0.2) is 4.98 Å². The van der Waals surface area contributed by atoms with Crippen LogP contribution in [0.3, 0.4) is 0 Å². The molecule has 9 heteroatoms. The smallest absolute Gasteiger partial charge is 0.263 e. The van der Waals surface area contributed by atoms with E-state index in [1.807, 2.05) is 48.7 Å². The maximum atomic E-state index is 12.8. The summed E-state index contributed by atoms with van der Waals surface area (Å²) in [5, 5.41) is 15.2. The molecular weight excluding hydrogens is 380 g/mol. The summed E-state index contributed by atoms with van der Waals surface area (Å²) in [6.45, 7) is 6.16. The topological polar surface area (TPSA) is 78.5 Å². The van der Waals surface area contributed by atoms with Crippen LogP contribution in [0.4, 0.5) is 0 Å². The summed E-state index contributed by atoms with van der Waals surface area (Å²) in [6.07, 6.45) is 1.70. The summed E-state index contributed by atoms with van der Waals surface area (Å²) in [4.78, 5) is 18.2. The zero-order chi connectivity index (χ0) is 18.8. The van der Waals surface area contributed by atoms with Gasteiger partial charge in [0, 0.05) is 6.54 Å². The Morgan fingerprint density at radius 3 is 2.89 bits per heavy atom. The van der Waals surface area contributed by atoms with Crippen LogP contribution in [0.1, 0.15) is 18.0 Å². The number of tetrazole rings is 1. The molecule has 0 saturated heterocycles. The molecule has 1 atom stereocenters. The molecule has 0 amide bonds. The van der Waals surface area contributed by atoms with Crippen LogP contribution in [0.25, 0.3) is 15.9 Å². The second kappa shape index (κ2) is 7.45. The monoisotopic (exact) mass is 396 g/mol. The normalized spacial score (nSPS) is 12.3. The Morgan fingerprint density at radius 2 is 2.11 bits per heavy atom. The Balaban J connectivity index is 1.73. The van der Waals surface area contributed by atoms with Crippen molar-refractivity contribution < 1.29 is 0 Å². The maximum absolute atomic E-state index is 12.8. The van der Waals surface area contributed by atoms with Gasteiger partial charge in [0.05, 0.1) is 16.3 Å². The average molecular weight is 397 g/mol. The van der Waals surface area contributed by atoms with E-state index >= 15 is 0 Å². The first-order valence-electron chi connectivity index (χ1n) is 8.28. The number of para-hydroxylation sites is 1. The second-order valence-electron chi connectivity index (χ2n) is 5.78. The molecule has 0 saturated carbocycles. The molecule has 4 rings (SSSR count). The fourth-order valence-corrected chi connectivity index (χ4v) is 4.53. The van der Waals surface area contributed by atoms with E-state index in [9.17, 15) is 4.79 Å². The van der Waals surface area contributed by atoms with Crippen molar-refractivity contribution in [2.24, 2.45) is 0 Å². The van der Waals surface area contributed by atoms with Gasteiger partial charge < -0.3 is 0 Å². The molecule has 0 bridgehead atoms. The van der Waals surface area contributed by atoms with E-state index in [0.717, 1.165) is 10.5 Å². The van der Waals surface area contributed by atoms with Gasteiger partial charge in [-0.15, -0.1) is 23.0 Å². The molecule has 7 nitrogen and oxygen atoms in total. The van der Waals surface area contributed by atoms with Gasteiger partial charge in [-0.05, 0) is 40.9 Å². The van der Waals surface area contributed by atoms with Gasteiger partial charge in [0.2, 0.25) is 0 Å². The van der Waals surface area contributed by atoms with Crippen LogP contribution in [0.5, 0.6) is 0 Å². The fourth-order valence-electron chi connectivity index (χ4n) is 2.72. The minimum Gasteiger partial charge on any atom is -0.283 e. The molecule has 3 aromatic heterocycles. The van der Waals surface area contributed by atoms with Crippen molar-refractivity contribution in [3.8, 4) is 5.69 Å². The molecule has 0 unspecified atom stereocenters. The zero-order valence-corrected chi connectivity index (χ0v) is 16.2. The highest BCUT2D eigenvalue weighted by Crippen LogP contribution is 2.33. The van der Waals surface area contributed by atoms with E-state index in [1.54, 1.807) is 15.3 Å². The SMILES string of the molecule is C=CCn1c(S[C@@H](C)c2nnnn2-c2ccccc2)nc2sccc2c1=O. The highest BCUT2D eigenvalue weighted by atomic mass is 32.2. The van der Waals surface area contributed by atoms with Crippen LogP contribution in [0.2, 0.25) is 0 Å². The van der Waals surface area contributed by atoms with Crippen molar-refractivity contribution in [2.75, 3.05) is 0 Å². The van der Waals surface area contributed by atoms with Crippen molar-refractivity contribution in [3.05, 3.63) is 70.6 Å². The summed E-state index contributed by atoms with van der Waals surface area (Å²) in [7, 11) is 0. The summed E-state index contributed by atoms with van der Waals surface area (Å²) >= 11 is 2.91. The Bertz CT molecular complexity index is 1150. The van der Waals surface area contributed by atoms with E-state index in [0.29, 0.717) is 22.9 Å². The molecule has 4 aromatic rings. The minimum atomic E-state index is -0.111. The van der Waals surface area contributed by atoms with Crippen LogP contribution in [0, 0.1) is 0 Å². The molecule has 0 N–H and O–H groups in total. The standard InChI is InChI=1S/C18H16N6OS2/c1-3-10-23-17(25)14-9-11-26-16(14)19-18(23)27-12(2)15-20-21-22-24(15)13-7-5-4-6-8-13/h3-9,11-12H,1,10H2,2H3/t12-/m0/s1. The number of nitrogens with zero attached hydrogens (tertiary/aromatic N) is 6. The van der Waals surface area contributed by atoms with E-state index in [1.165, 1.54) is 23.1 Å². The molecule has 0 fully saturated rings. The molecule has 0 aliphatic heterocycles. The zero-order valence-electron chi connectivity index (χ0n) is 14.5. The number of thiophene rings is 1. The summed E-state index contributed by atoms with van der Waals surface area (Å²) in [6, 6.07) is 11.5. The lowest BCUT2D eigenvalue weighted by molar-refractivity contribution is 0.669. The number of hydrogen-bond donors (Lipinski definition) is 0. The lowest BCUT2D eigenvalue weighted by atomic mass is 10.3. The fraction of sp³-hybridized carbons (Fsp3) is 0.167. The first kappa shape index (κ1) is 17.6. The molecule has 136 valence electrons. The van der Waals surface area contributed by atoms with Gasteiger partial charge in [-0.1, -0.05) is 36.0 Å². The van der Waals surface area contributed by atoms with Crippen molar-refractivity contribution in [2.45, 2.75) is 23.9 Å². The van der Waals surface area contributed by atoms with E-state index in [2.05, 4.69) is 27.1 Å². The number of rotatable bonds is 6. The third-order valence-electron chi connectivity index (χ3n) is 4.00. The quantitative estimate of drug-likeness (QED) is 0.282. The second-order valence-corrected chi connectivity index (χ2v) is 7.99. The van der Waals surface area contributed by atoms with E-state index in [-0.39, 0.29) is 10.8 Å². The lowest BCUT2D eigenvalue weighted by Gasteiger charge is -2.14. The van der Waals surface area contributed by atoms with Crippen LogP contribution in [-0.4, -0.2) is 29.8 Å². The molecule has 0 aliphatic rings. The molecule has 0 aliphatic carbocycles. The van der Waals surface area contributed by atoms with Crippen LogP contribution in [-0.2, 0) is 6.54 Å². The van der Waals surface area contributed by atoms with Gasteiger partial charge in [-0.3, -0.25) is 9.36 Å². The molecule has 0 radical (unpaired) electrons. The molecule has 3 heterocycles. The van der Waals surface area contributed by atoms with Gasteiger partial charge in [0.15, 0.2) is 11.0 Å². The van der Waals surface area contributed by atoms with Crippen LogP contribution >= 0.6 is 23.1 Å². The maximum Gasteiger partial charge on any atom is 0.263 e. The highest BCUT2D eigenvalue weighted by Gasteiger charge is 2.21. The Kier molecular flexibility index (Phi) is 4.87. The predicted octanol–water partition coefficient (Wildman–Crippen LogP) is 3.47. The third-order valence-corrected chi connectivity index (χ3v) is 5.89. The predicted molar refractivity (Wildman–Crippen MR) is 108 cm³/mol. The molecule has 27 heavy (non-hydrogen) atoms. The number of fused-ring (bicyclic) bond motifs is 1. The number of thioether (sulfide) groups is 1. The van der Waals surface area contributed by atoms with Gasteiger partial charge in [0.1, 0.15) is 4.83 Å². The first-order valence-corrected chi connectivity index (χ1v) is 10.0. The number of aromatic nitrogens is 6. The number of benzene rings is 1. The van der Waals surface area contributed by atoms with Gasteiger partial charge in [-0.2, -0.15) is 4.68 Å². The van der Waals surface area contributed by atoms with E-state index in [4.69, 9.17) is 0 Å². The average Bonchev–Trinajstić information content (AvgIpc) is 3.35. The van der Waals surface area contributed by atoms with Crippen molar-refractivity contribution in [1.29, 1.82) is 0 Å². The molecule has 1 aromatic carbocycles. The largest absolute Gasteiger partial charge is 0.283 e. The van der Waals surface area contributed by atoms with Crippen molar-refractivity contribution in [3.63, 3.8) is 0 Å². The van der Waals surface area contributed by atoms with E-state index < -0.39 is 0 Å². The first-order chi connectivity index (χ1) is 13.2. The lowest BCUT2D eigenvalue weighted by Crippen LogP contribution is -2.22. The Labute approximate surface area is 163 Å². The van der Waals surface area contributed by atoms with Crippen LogP contribution in [0.15, 0.2) is 64.4 Å². The highest BCUT2D eigenvalue weighted by molar-refractivity contribution is 7.99. The van der Waals surface area contributed by atoms with Crippen molar-refractivity contribution in [1.82, 2.24) is 29.8 Å². The molecular formula is C18H16N6OS2. The van der Waals surface area contributed by atoms with Gasteiger partial charge >= 0.3 is 0 Å². The summed E-state index contributed by atoms with van der Waals surface area (Å²) < 4.78 is 3.34. The Hall–Kier alpha value is -2.78. The third kappa shape index (κ3) is 3.31. The van der Waals surface area contributed by atoms with Gasteiger partial charge in [0.25, 0.3) is 5.56 Å². The van der Waals surface area contributed by atoms with Crippen molar-refractivity contribution >= 4 is 33.3 Å². The molecule has 0 spiro atoms. The summed E-state index contributed by atoms with van der Waals surface area (Å²) in [5.41, 5.74) is 0.827. The number of hydrogen-bond acceptors (Lipinski definition) is 7. The Morgan fingerprint density at radius 1 is 1.30 bits per heavy atom. The minimum absolute atomic E-state index is 0.0569.